The third-order valence-electron chi connectivity index (χ3n) is 2.77. The molecule has 24 heavy (non-hydrogen) atoms. The fourth-order valence-corrected chi connectivity index (χ4v) is 1.71. The van der Waals surface area contributed by atoms with Crippen molar-refractivity contribution in [3.63, 3.8) is 0 Å². The van der Waals surface area contributed by atoms with Crippen molar-refractivity contribution in [3.8, 4) is 0 Å². The molecule has 3 aromatic carbocycles. The number of nitrogens with one attached hydrogen (secondary N) is 1. The van der Waals surface area contributed by atoms with Crippen molar-refractivity contribution >= 4 is 17.4 Å². The molecular weight excluding hydrogens is 350 g/mol. The maximum absolute atomic E-state index is 10.5. The van der Waals surface area contributed by atoms with E-state index in [1.54, 1.807) is 12.1 Å². The molecule has 3 aromatic rings. The van der Waals surface area contributed by atoms with Crippen molar-refractivity contribution < 1.29 is 32.1 Å². The molecule has 6 nitrogen and oxygen atoms in total. The first-order valence-corrected chi connectivity index (χ1v) is 6.82. The monoisotopic (exact) mass is 365 g/mol. The van der Waals surface area contributed by atoms with Crippen LogP contribution >= 0.6 is 0 Å². The molecule has 0 bridgehead atoms. The molecule has 0 aliphatic carbocycles. The first-order valence-electron chi connectivity index (χ1n) is 6.82. The number of nitrogens with zero attached hydrogens (tertiary/aromatic N) is 2. The summed E-state index contributed by atoms with van der Waals surface area (Å²) in [6, 6.07) is 22.5. The molecule has 124 valence electrons. The van der Waals surface area contributed by atoms with E-state index in [0.29, 0.717) is 5.36 Å². The van der Waals surface area contributed by atoms with Crippen LogP contribution in [-0.2, 0) is 17.1 Å². The Bertz CT molecular complexity index is 781. The number of hydrogen-bond acceptors (Lipinski definition) is 2. The van der Waals surface area contributed by atoms with E-state index in [1.807, 2.05) is 42.5 Å². The van der Waals surface area contributed by atoms with Gasteiger partial charge in [-0.2, -0.15) is 30.3 Å². The van der Waals surface area contributed by atoms with E-state index >= 15 is 0 Å². The molecule has 0 radical (unpaired) electrons. The summed E-state index contributed by atoms with van der Waals surface area (Å²) >= 11 is 0. The van der Waals surface area contributed by atoms with Crippen molar-refractivity contribution in [2.24, 2.45) is 4.99 Å². The molecule has 0 atom stereocenters. The van der Waals surface area contributed by atoms with Gasteiger partial charge < -0.3 is 5.11 Å². The molecule has 2 N–H and O–H groups in total. The average molecular weight is 365 g/mol. The number of rotatable bonds is 2. The zero-order valence-electron chi connectivity index (χ0n) is 12.5. The Hall–Kier alpha value is -2.89. The van der Waals surface area contributed by atoms with Gasteiger partial charge in [-0.25, -0.2) is 12.1 Å². The van der Waals surface area contributed by atoms with Gasteiger partial charge in [-0.3, -0.25) is 15.1 Å². The van der Waals surface area contributed by atoms with Crippen molar-refractivity contribution in [2.45, 2.75) is 0 Å². The quantitative estimate of drug-likeness (QED) is 0.181. The van der Waals surface area contributed by atoms with E-state index in [4.69, 9.17) is 0 Å². The van der Waals surface area contributed by atoms with Gasteiger partial charge in [-0.15, -0.1) is 24.3 Å². The third kappa shape index (κ3) is 6.48. The van der Waals surface area contributed by atoms with Crippen LogP contribution in [0.2, 0.25) is 0 Å². The van der Waals surface area contributed by atoms with E-state index in [2.05, 4.69) is 9.98 Å². The largest absolute Gasteiger partial charge is 2.00 e. The molecule has 0 saturated carbocycles. The smallest absolute Gasteiger partial charge is 0.487 e. The van der Waals surface area contributed by atoms with Crippen LogP contribution in [0, 0.1) is 10.1 Å². The normalized spacial score (nSPS) is 10.1. The topological polar surface area (TPSA) is 89.7 Å². The van der Waals surface area contributed by atoms with Crippen LogP contribution in [0.4, 0.5) is 11.4 Å². The van der Waals surface area contributed by atoms with Gasteiger partial charge in [0.05, 0.1) is 5.36 Å². The predicted molar refractivity (Wildman–Crippen MR) is 86.6 cm³/mol. The predicted octanol–water partition coefficient (Wildman–Crippen LogP) is 1.66. The van der Waals surface area contributed by atoms with Crippen LogP contribution in [0.1, 0.15) is 0 Å². The number of nitro groups is 1. The number of nitro benzene ring substituents is 1. The second kappa shape index (κ2) is 9.99. The van der Waals surface area contributed by atoms with E-state index in [1.165, 1.54) is 24.3 Å². The van der Waals surface area contributed by atoms with Crippen molar-refractivity contribution in [1.29, 1.82) is 0 Å². The van der Waals surface area contributed by atoms with E-state index in [-0.39, 0.29) is 28.8 Å². The molecule has 0 spiro atoms. The summed E-state index contributed by atoms with van der Waals surface area (Å²) in [5.41, 5.74) is 0.704. The minimum atomic E-state index is -0.491. The summed E-state index contributed by atoms with van der Waals surface area (Å²) in [6.07, 6.45) is 0. The first-order chi connectivity index (χ1) is 11.1. The van der Waals surface area contributed by atoms with Crippen molar-refractivity contribution in [3.05, 3.63) is 94.3 Å². The first kappa shape index (κ1) is 19.2. The Morgan fingerprint density at radius 1 is 1.12 bits per heavy atom. The standard InChI is InChI=1S/C12H10N3O3.C5H5.Fe/c16-12(13-9-3-1-2-4-9)14-10-5-7-11(8-6-10)15(17)18;1-2-4-5-3-1;/h1-8,13,16H;1-5H;/q2*-1;+2. The minimum Gasteiger partial charge on any atom is -0.487 e. The molecule has 0 unspecified atom stereocenters. The SMILES string of the molecule is O=[N+]([O-])[c-]1ccc(=NC(O)=[NH+][c-]2cccc2)cc1.[Fe+2].c1cc[cH-]c1. The number of hydrogen-bond donors (Lipinski definition) is 2. The zero-order chi connectivity index (χ0) is 16.5. The number of non-ortho nitro benzene ring substituents is 1. The summed E-state index contributed by atoms with van der Waals surface area (Å²) in [7, 11) is 0. The maximum atomic E-state index is 10.5. The molecule has 0 aliphatic rings. The van der Waals surface area contributed by atoms with Gasteiger partial charge in [-0.05, 0) is 0 Å². The second-order valence-corrected chi connectivity index (χ2v) is 4.47. The van der Waals surface area contributed by atoms with Crippen molar-refractivity contribution in [1.82, 2.24) is 0 Å². The molecule has 7 heteroatoms. The molecule has 0 saturated heterocycles. The van der Waals surface area contributed by atoms with Crippen LogP contribution < -0.4 is 10.3 Å². The summed E-state index contributed by atoms with van der Waals surface area (Å²) < 4.78 is 0. The molecule has 3 rings (SSSR count). The summed E-state index contributed by atoms with van der Waals surface area (Å²) in [5.74, 6) is 0. The molecule has 0 aromatic heterocycles. The van der Waals surface area contributed by atoms with Gasteiger partial charge in [0.2, 0.25) is 0 Å². The van der Waals surface area contributed by atoms with Crippen LogP contribution in [0.3, 0.4) is 0 Å². The van der Waals surface area contributed by atoms with Gasteiger partial charge in [0.1, 0.15) is 0 Å². The van der Waals surface area contributed by atoms with E-state index < -0.39 is 4.92 Å². The Kier molecular flexibility index (Phi) is 7.98. The van der Waals surface area contributed by atoms with Gasteiger partial charge >= 0.3 is 23.1 Å². The van der Waals surface area contributed by atoms with Gasteiger partial charge in [0.25, 0.3) is 0 Å². The number of aliphatic hydroxyl groups excluding tert-OH is 1. The van der Waals surface area contributed by atoms with Crippen molar-refractivity contribution in [2.75, 3.05) is 0 Å². The third-order valence-corrected chi connectivity index (χ3v) is 2.77. The van der Waals surface area contributed by atoms with E-state index in [0.717, 1.165) is 5.69 Å². The van der Waals surface area contributed by atoms with E-state index in [9.17, 15) is 15.2 Å². The van der Waals surface area contributed by atoms with Crippen LogP contribution in [-0.4, -0.2) is 16.1 Å². The molecule has 0 fully saturated rings. The minimum absolute atomic E-state index is 0. The van der Waals surface area contributed by atoms with Crippen LogP contribution in [0.5, 0.6) is 0 Å². The van der Waals surface area contributed by atoms with Gasteiger partial charge in [0.15, 0.2) is 5.69 Å². The Balaban J connectivity index is 0.000000412. The summed E-state index contributed by atoms with van der Waals surface area (Å²) in [5, 5.41) is 20.4. The number of amidine groups is 1. The fourth-order valence-electron chi connectivity index (χ4n) is 1.71. The average Bonchev–Trinajstić information content (AvgIpc) is 3.24. The maximum Gasteiger partial charge on any atom is 2.00 e. The van der Waals surface area contributed by atoms with Crippen LogP contribution in [0.15, 0.2) is 83.9 Å². The van der Waals surface area contributed by atoms with Gasteiger partial charge in [-0.1, -0.05) is 17.1 Å². The molecular formula is C17H15FeN3O3. The Labute approximate surface area is 149 Å². The fraction of sp³-hybridized carbons (Fsp3) is 0. The summed E-state index contributed by atoms with van der Waals surface area (Å²) in [4.78, 5) is 16.5. The zero-order valence-corrected chi connectivity index (χ0v) is 13.6. The number of benzene rings is 1. The number of aliphatic hydroxyl groups is 1. The Morgan fingerprint density at radius 2 is 1.71 bits per heavy atom. The second-order valence-electron chi connectivity index (χ2n) is 4.47. The van der Waals surface area contributed by atoms with Gasteiger partial charge in [0, 0.05) is 10.6 Å². The Morgan fingerprint density at radius 3 is 2.17 bits per heavy atom. The van der Waals surface area contributed by atoms with Crippen LogP contribution in [0.25, 0.3) is 0 Å². The molecule has 0 amide bonds. The molecule has 0 heterocycles. The summed E-state index contributed by atoms with van der Waals surface area (Å²) in [6.45, 7) is 0. The molecule has 0 aliphatic heterocycles.